The molecule has 2 bridgehead atoms. The molecule has 1 saturated carbocycles. The smallest absolute Gasteiger partial charge is 0.264 e. The van der Waals surface area contributed by atoms with Crippen molar-refractivity contribution in [2.24, 2.45) is 17.8 Å². The molecule has 1 spiro atoms. The summed E-state index contributed by atoms with van der Waals surface area (Å²) in [5.74, 6) is 0.629. The van der Waals surface area contributed by atoms with Crippen molar-refractivity contribution in [2.45, 2.75) is 82.0 Å². The highest BCUT2D eigenvalue weighted by atomic mass is 35.5. The van der Waals surface area contributed by atoms with Crippen molar-refractivity contribution >= 4 is 33.2 Å². The number of hydrogen-bond donors (Lipinski definition) is 1. The average molecular weight is 717 g/mol. The summed E-state index contributed by atoms with van der Waals surface area (Å²) >= 11 is 6.47. The van der Waals surface area contributed by atoms with Crippen LogP contribution >= 0.6 is 11.6 Å². The minimum absolute atomic E-state index is 0.0585. The SMILES string of the molecule is C[C@@H]1[C@@H](C)C/C=C/[C@H](OCCCc2ccccc2)[C@@H]2CC[C@H]2CN2C[C@@]3(CCCc4cc(Cl)ccc43)COc3ccc(cc32)C(=O)NS1(=O)=O. The van der Waals surface area contributed by atoms with Crippen molar-refractivity contribution in [1.29, 1.82) is 0 Å². The maximum Gasteiger partial charge on any atom is 0.264 e. The van der Waals surface area contributed by atoms with E-state index in [2.05, 4.69) is 58.2 Å². The quantitative estimate of drug-likeness (QED) is 0.214. The Kier molecular flexibility index (Phi) is 10.3. The van der Waals surface area contributed by atoms with E-state index in [1.165, 1.54) is 16.7 Å². The Morgan fingerprint density at radius 2 is 1.90 bits per heavy atom. The Labute approximate surface area is 302 Å². The summed E-state index contributed by atoms with van der Waals surface area (Å²) in [5, 5.41) is -0.00998. The van der Waals surface area contributed by atoms with Gasteiger partial charge in [-0.2, -0.15) is 0 Å². The number of carbonyl (C=O) groups excluding carboxylic acids is 1. The number of sulfonamides is 1. The molecule has 1 fully saturated rings. The fourth-order valence-corrected chi connectivity index (χ4v) is 9.94. The number of halogens is 1. The van der Waals surface area contributed by atoms with Gasteiger partial charge in [0.25, 0.3) is 5.91 Å². The molecule has 7 rings (SSSR count). The molecule has 2 aliphatic heterocycles. The normalized spacial score (nSPS) is 29.8. The zero-order valence-electron chi connectivity index (χ0n) is 29.2. The number of benzene rings is 3. The van der Waals surface area contributed by atoms with Crippen LogP contribution in [0.4, 0.5) is 5.69 Å². The van der Waals surface area contributed by atoms with E-state index in [4.69, 9.17) is 21.1 Å². The van der Waals surface area contributed by atoms with E-state index < -0.39 is 21.2 Å². The predicted octanol–water partition coefficient (Wildman–Crippen LogP) is 7.90. The van der Waals surface area contributed by atoms with E-state index in [1.54, 1.807) is 13.0 Å². The number of rotatable bonds is 5. The Bertz CT molecular complexity index is 1830. The Balaban J connectivity index is 1.22. The molecule has 2 heterocycles. The van der Waals surface area contributed by atoms with Gasteiger partial charge in [0.15, 0.2) is 0 Å². The van der Waals surface area contributed by atoms with E-state index in [0.29, 0.717) is 37.0 Å². The van der Waals surface area contributed by atoms with Crippen LogP contribution in [0.3, 0.4) is 0 Å². The third kappa shape index (κ3) is 7.35. The number of hydrogen-bond acceptors (Lipinski definition) is 6. The van der Waals surface area contributed by atoms with Crippen LogP contribution in [0.5, 0.6) is 5.75 Å². The lowest BCUT2D eigenvalue weighted by Crippen LogP contribution is -2.49. The van der Waals surface area contributed by atoms with Gasteiger partial charge in [-0.15, -0.1) is 0 Å². The lowest BCUT2D eigenvalue weighted by Gasteiger charge is -2.46. The van der Waals surface area contributed by atoms with Gasteiger partial charge in [-0.05, 0) is 123 Å². The van der Waals surface area contributed by atoms with Crippen molar-refractivity contribution in [3.05, 3.63) is 106 Å². The van der Waals surface area contributed by atoms with Gasteiger partial charge in [0, 0.05) is 35.7 Å². The van der Waals surface area contributed by atoms with Crippen LogP contribution in [0.25, 0.3) is 0 Å². The fourth-order valence-electron chi connectivity index (χ4n) is 8.46. The second kappa shape index (κ2) is 14.7. The van der Waals surface area contributed by atoms with E-state index in [9.17, 15) is 13.2 Å². The molecule has 9 heteroatoms. The molecule has 0 radical (unpaired) electrons. The first-order valence-electron chi connectivity index (χ1n) is 18.3. The molecule has 0 unspecified atom stereocenters. The van der Waals surface area contributed by atoms with E-state index >= 15 is 0 Å². The molecule has 7 nitrogen and oxygen atoms in total. The molecule has 6 atom stereocenters. The minimum Gasteiger partial charge on any atom is -0.490 e. The number of fused-ring (bicyclic) bond motifs is 4. The lowest BCUT2D eigenvalue weighted by molar-refractivity contribution is -0.0148. The summed E-state index contributed by atoms with van der Waals surface area (Å²) in [7, 11) is -3.92. The van der Waals surface area contributed by atoms with Crippen LogP contribution in [0, 0.1) is 17.8 Å². The molecule has 2 aliphatic carbocycles. The predicted molar refractivity (Wildman–Crippen MR) is 200 cm³/mol. The molecule has 1 amide bonds. The van der Waals surface area contributed by atoms with Crippen LogP contribution in [-0.2, 0) is 33.0 Å². The summed E-state index contributed by atoms with van der Waals surface area (Å²) in [6.07, 6.45) is 11.9. The summed E-state index contributed by atoms with van der Waals surface area (Å²) in [5.41, 5.74) is 4.77. The number of amides is 1. The number of ether oxygens (including phenoxy) is 2. The van der Waals surface area contributed by atoms with Gasteiger partial charge in [-0.25, -0.2) is 13.1 Å². The topological polar surface area (TPSA) is 84.9 Å². The van der Waals surface area contributed by atoms with Crippen LogP contribution in [-0.4, -0.2) is 52.0 Å². The van der Waals surface area contributed by atoms with E-state index in [0.717, 1.165) is 74.5 Å². The number of allylic oxidation sites excluding steroid dienone is 1. The highest BCUT2D eigenvalue weighted by Crippen LogP contribution is 2.47. The Hall–Kier alpha value is -3.33. The van der Waals surface area contributed by atoms with Crippen LogP contribution in [0.1, 0.15) is 79.4 Å². The van der Waals surface area contributed by atoms with E-state index in [1.807, 2.05) is 31.2 Å². The van der Waals surface area contributed by atoms with Crippen molar-refractivity contribution in [2.75, 3.05) is 31.2 Å². The van der Waals surface area contributed by atoms with Gasteiger partial charge < -0.3 is 14.4 Å². The summed E-state index contributed by atoms with van der Waals surface area (Å²) in [4.78, 5) is 16.0. The minimum atomic E-state index is -3.92. The van der Waals surface area contributed by atoms with E-state index in [-0.39, 0.29) is 17.4 Å². The standard InChI is InChI=1S/C41H49ClN2O5S/c1-28-9-6-14-38(48-22-8-12-30-10-4-3-5-11-30)35-18-15-33(35)25-44-26-41(21-7-13-31-23-34(42)17-19-36(31)41)27-49-39-20-16-32(24-37(39)44)40(45)43-50(46,47)29(28)2/h3-6,10-11,14,16-17,19-20,23-24,28-29,33,35,38H,7-9,12-13,15,18,21-22,25-27H2,1-2H3,(H,43,45)/b14-6+/t28-,29+,33-,35+,38-,41-/m0/s1. The second-order valence-electron chi connectivity index (χ2n) is 15.0. The van der Waals surface area contributed by atoms with Crippen LogP contribution < -0.4 is 14.4 Å². The molecule has 0 saturated heterocycles. The number of anilines is 1. The van der Waals surface area contributed by atoms with Gasteiger partial charge in [0.2, 0.25) is 10.0 Å². The molecular weight excluding hydrogens is 668 g/mol. The number of nitrogens with one attached hydrogen (secondary N) is 1. The average Bonchev–Trinajstić information content (AvgIpc) is 3.24. The Morgan fingerprint density at radius 3 is 2.70 bits per heavy atom. The number of carbonyl (C=O) groups is 1. The van der Waals surface area contributed by atoms with Crippen molar-refractivity contribution in [3.63, 3.8) is 0 Å². The first kappa shape index (κ1) is 35.1. The maximum absolute atomic E-state index is 13.5. The van der Waals surface area contributed by atoms with Crippen LogP contribution in [0.15, 0.2) is 78.9 Å². The summed E-state index contributed by atoms with van der Waals surface area (Å²) in [6.45, 7) is 6.30. The van der Waals surface area contributed by atoms with Crippen LogP contribution in [0.2, 0.25) is 5.02 Å². The van der Waals surface area contributed by atoms with Crippen molar-refractivity contribution in [3.8, 4) is 5.75 Å². The second-order valence-corrected chi connectivity index (χ2v) is 17.5. The number of nitrogens with zero attached hydrogens (tertiary/aromatic N) is 1. The van der Waals surface area contributed by atoms with Gasteiger partial charge in [-0.3, -0.25) is 4.79 Å². The molecule has 1 N–H and O–H groups in total. The van der Waals surface area contributed by atoms with Gasteiger partial charge in [0.05, 0.1) is 23.6 Å². The zero-order valence-corrected chi connectivity index (χ0v) is 30.7. The molecule has 50 heavy (non-hydrogen) atoms. The number of aryl methyl sites for hydroxylation is 2. The highest BCUT2D eigenvalue weighted by molar-refractivity contribution is 7.90. The van der Waals surface area contributed by atoms with Crippen molar-refractivity contribution < 1.29 is 22.7 Å². The maximum atomic E-state index is 13.5. The third-order valence-electron chi connectivity index (χ3n) is 11.8. The lowest BCUT2D eigenvalue weighted by atomic mass is 9.68. The fraction of sp³-hybridized carbons (Fsp3) is 0.488. The molecule has 0 aromatic heterocycles. The Morgan fingerprint density at radius 1 is 1.06 bits per heavy atom. The summed E-state index contributed by atoms with van der Waals surface area (Å²) in [6, 6.07) is 22.1. The molecule has 4 aliphatic rings. The zero-order chi connectivity index (χ0) is 34.9. The molecule has 3 aromatic rings. The molecular formula is C41H49ClN2O5S. The first-order chi connectivity index (χ1) is 24.1. The molecule has 3 aromatic carbocycles. The van der Waals surface area contributed by atoms with Gasteiger partial charge in [-0.1, -0.05) is 67.1 Å². The highest BCUT2D eigenvalue weighted by Gasteiger charge is 2.44. The third-order valence-corrected chi connectivity index (χ3v) is 13.9. The molecule has 266 valence electrons. The summed E-state index contributed by atoms with van der Waals surface area (Å²) < 4.78 is 42.6. The monoisotopic (exact) mass is 716 g/mol. The van der Waals surface area contributed by atoms with Crippen molar-refractivity contribution in [1.82, 2.24) is 4.72 Å². The first-order valence-corrected chi connectivity index (χ1v) is 20.2. The van der Waals surface area contributed by atoms with Gasteiger partial charge >= 0.3 is 0 Å². The largest absolute Gasteiger partial charge is 0.490 e. The van der Waals surface area contributed by atoms with Gasteiger partial charge in [0.1, 0.15) is 5.75 Å².